The molecule has 0 atom stereocenters. The number of carbonyl (C=O) groups excluding carboxylic acids is 1. The molecule has 0 spiro atoms. The molecular formula is C16H23BrN2O2. The zero-order chi connectivity index (χ0) is 15.1. The predicted octanol–water partition coefficient (Wildman–Crippen LogP) is 2.44. The van der Waals surface area contributed by atoms with Crippen molar-refractivity contribution in [3.05, 3.63) is 34.3 Å². The van der Waals surface area contributed by atoms with E-state index >= 15 is 0 Å². The molecular weight excluding hydrogens is 332 g/mol. The van der Waals surface area contributed by atoms with Gasteiger partial charge in [0.15, 0.2) is 0 Å². The van der Waals surface area contributed by atoms with Gasteiger partial charge in [-0.15, -0.1) is 0 Å². The molecule has 2 rings (SSSR count). The molecule has 21 heavy (non-hydrogen) atoms. The van der Waals surface area contributed by atoms with Crippen LogP contribution in [0, 0.1) is 0 Å². The van der Waals surface area contributed by atoms with Gasteiger partial charge in [-0.2, -0.15) is 0 Å². The summed E-state index contributed by atoms with van der Waals surface area (Å²) in [6, 6.07) is 8.96. The maximum atomic E-state index is 11.5. The van der Waals surface area contributed by atoms with Crippen molar-refractivity contribution in [1.82, 2.24) is 10.6 Å². The minimum Gasteiger partial charge on any atom is -0.383 e. The quantitative estimate of drug-likeness (QED) is 0.705. The molecule has 0 radical (unpaired) electrons. The first kappa shape index (κ1) is 16.5. The summed E-state index contributed by atoms with van der Waals surface area (Å²) >= 11 is 3.61. The second kappa shape index (κ2) is 8.51. The molecule has 0 heterocycles. The molecule has 1 aromatic rings. The van der Waals surface area contributed by atoms with Crippen molar-refractivity contribution in [2.45, 2.75) is 31.2 Å². The van der Waals surface area contributed by atoms with Gasteiger partial charge < -0.3 is 15.4 Å². The first-order chi connectivity index (χ1) is 10.2. The lowest BCUT2D eigenvalue weighted by atomic mass is 9.76. The Morgan fingerprint density at radius 3 is 2.81 bits per heavy atom. The Bertz CT molecular complexity index is 461. The summed E-state index contributed by atoms with van der Waals surface area (Å²) in [4.78, 5) is 11.5. The lowest BCUT2D eigenvalue weighted by molar-refractivity contribution is -0.121. The van der Waals surface area contributed by atoms with Gasteiger partial charge in [0.05, 0.1) is 6.61 Å². The SMILES string of the molecule is COCCNC(=O)CCNC1CC(c2ccccc2Br)C1. The Kier molecular flexibility index (Phi) is 6.67. The van der Waals surface area contributed by atoms with Gasteiger partial charge in [-0.1, -0.05) is 34.1 Å². The fourth-order valence-electron chi connectivity index (χ4n) is 2.62. The molecule has 1 aliphatic carbocycles. The fraction of sp³-hybridized carbons (Fsp3) is 0.562. The molecule has 1 fully saturated rings. The van der Waals surface area contributed by atoms with Gasteiger partial charge in [-0.3, -0.25) is 4.79 Å². The summed E-state index contributed by atoms with van der Waals surface area (Å²) in [5, 5.41) is 6.28. The van der Waals surface area contributed by atoms with E-state index in [0.717, 1.165) is 19.4 Å². The molecule has 4 nitrogen and oxygen atoms in total. The summed E-state index contributed by atoms with van der Waals surface area (Å²) in [5.74, 6) is 0.717. The normalized spacial score (nSPS) is 20.9. The summed E-state index contributed by atoms with van der Waals surface area (Å²) < 4.78 is 6.09. The van der Waals surface area contributed by atoms with E-state index in [2.05, 4.69) is 44.8 Å². The number of amides is 1. The minimum absolute atomic E-state index is 0.0845. The Balaban J connectivity index is 1.59. The number of carbonyl (C=O) groups is 1. The molecule has 0 unspecified atom stereocenters. The molecule has 0 saturated heterocycles. The lowest BCUT2D eigenvalue weighted by Gasteiger charge is -2.37. The lowest BCUT2D eigenvalue weighted by Crippen LogP contribution is -2.41. The maximum Gasteiger partial charge on any atom is 0.221 e. The zero-order valence-corrected chi connectivity index (χ0v) is 14.0. The number of hydrogen-bond acceptors (Lipinski definition) is 3. The van der Waals surface area contributed by atoms with Gasteiger partial charge in [0.2, 0.25) is 5.91 Å². The molecule has 0 aliphatic heterocycles. The largest absolute Gasteiger partial charge is 0.383 e. The molecule has 1 aliphatic rings. The van der Waals surface area contributed by atoms with E-state index in [1.807, 2.05) is 6.07 Å². The highest BCUT2D eigenvalue weighted by Gasteiger charge is 2.30. The van der Waals surface area contributed by atoms with Gasteiger partial charge >= 0.3 is 0 Å². The Hall–Kier alpha value is -0.910. The van der Waals surface area contributed by atoms with Crippen molar-refractivity contribution < 1.29 is 9.53 Å². The van der Waals surface area contributed by atoms with Gasteiger partial charge in [-0.25, -0.2) is 0 Å². The Morgan fingerprint density at radius 2 is 2.10 bits per heavy atom. The number of hydrogen-bond donors (Lipinski definition) is 2. The van der Waals surface area contributed by atoms with Crippen LogP contribution >= 0.6 is 15.9 Å². The number of rotatable bonds is 8. The van der Waals surface area contributed by atoms with Crippen molar-refractivity contribution in [2.75, 3.05) is 26.8 Å². The van der Waals surface area contributed by atoms with Crippen LogP contribution in [0.4, 0.5) is 0 Å². The fourth-order valence-corrected chi connectivity index (χ4v) is 3.22. The van der Waals surface area contributed by atoms with Gasteiger partial charge in [-0.05, 0) is 30.4 Å². The van der Waals surface area contributed by atoms with Crippen molar-refractivity contribution in [3.63, 3.8) is 0 Å². The topological polar surface area (TPSA) is 50.4 Å². The van der Waals surface area contributed by atoms with E-state index < -0.39 is 0 Å². The average Bonchev–Trinajstić information content (AvgIpc) is 2.43. The molecule has 1 amide bonds. The van der Waals surface area contributed by atoms with E-state index in [0.29, 0.717) is 31.5 Å². The van der Waals surface area contributed by atoms with Crippen molar-refractivity contribution in [3.8, 4) is 0 Å². The minimum atomic E-state index is 0.0845. The predicted molar refractivity (Wildman–Crippen MR) is 87.4 cm³/mol. The summed E-state index contributed by atoms with van der Waals surface area (Å²) in [6.45, 7) is 1.89. The van der Waals surface area contributed by atoms with Crippen molar-refractivity contribution in [2.24, 2.45) is 0 Å². The van der Waals surface area contributed by atoms with Gasteiger partial charge in [0.1, 0.15) is 0 Å². The van der Waals surface area contributed by atoms with Crippen LogP contribution in [0.15, 0.2) is 28.7 Å². The highest BCUT2D eigenvalue weighted by atomic mass is 79.9. The average molecular weight is 355 g/mol. The molecule has 2 N–H and O–H groups in total. The summed E-state index contributed by atoms with van der Waals surface area (Å²) in [6.07, 6.45) is 2.82. The van der Waals surface area contributed by atoms with E-state index in [4.69, 9.17) is 4.74 Å². The van der Waals surface area contributed by atoms with Crippen LogP contribution in [0.25, 0.3) is 0 Å². The smallest absolute Gasteiger partial charge is 0.221 e. The van der Waals surface area contributed by atoms with E-state index in [1.165, 1.54) is 10.0 Å². The maximum absolute atomic E-state index is 11.5. The third kappa shape index (κ3) is 5.09. The van der Waals surface area contributed by atoms with Crippen LogP contribution in [0.1, 0.15) is 30.7 Å². The van der Waals surface area contributed by atoms with Crippen LogP contribution in [-0.4, -0.2) is 38.8 Å². The van der Waals surface area contributed by atoms with Crippen molar-refractivity contribution in [1.29, 1.82) is 0 Å². The second-order valence-electron chi connectivity index (χ2n) is 5.43. The van der Waals surface area contributed by atoms with Gasteiger partial charge in [0.25, 0.3) is 0 Å². The van der Waals surface area contributed by atoms with Crippen LogP contribution in [0.5, 0.6) is 0 Å². The molecule has 1 saturated carbocycles. The van der Waals surface area contributed by atoms with Gasteiger partial charge in [0, 0.05) is 37.1 Å². The molecule has 0 aromatic heterocycles. The van der Waals surface area contributed by atoms with Crippen molar-refractivity contribution >= 4 is 21.8 Å². The first-order valence-electron chi connectivity index (χ1n) is 7.44. The monoisotopic (exact) mass is 354 g/mol. The number of benzene rings is 1. The van der Waals surface area contributed by atoms with E-state index in [9.17, 15) is 4.79 Å². The third-order valence-corrected chi connectivity index (χ3v) is 4.62. The molecule has 0 bridgehead atoms. The highest BCUT2D eigenvalue weighted by Crippen LogP contribution is 2.39. The number of halogens is 1. The van der Waals surface area contributed by atoms with Crippen LogP contribution < -0.4 is 10.6 Å². The number of nitrogens with one attached hydrogen (secondary N) is 2. The number of ether oxygens (including phenoxy) is 1. The Labute approximate surface area is 134 Å². The van der Waals surface area contributed by atoms with E-state index in [-0.39, 0.29) is 5.91 Å². The molecule has 116 valence electrons. The molecule has 1 aromatic carbocycles. The second-order valence-corrected chi connectivity index (χ2v) is 6.29. The standard InChI is InChI=1S/C16H23BrN2O2/c1-21-9-8-19-16(20)6-7-18-13-10-12(11-13)14-4-2-3-5-15(14)17/h2-5,12-13,18H,6-11H2,1H3,(H,19,20). The number of methoxy groups -OCH3 is 1. The van der Waals surface area contributed by atoms with E-state index in [1.54, 1.807) is 7.11 Å². The van der Waals surface area contributed by atoms with Crippen LogP contribution in [0.2, 0.25) is 0 Å². The Morgan fingerprint density at radius 1 is 1.33 bits per heavy atom. The van der Waals surface area contributed by atoms with Crippen LogP contribution in [-0.2, 0) is 9.53 Å². The highest BCUT2D eigenvalue weighted by molar-refractivity contribution is 9.10. The summed E-state index contributed by atoms with van der Waals surface area (Å²) in [5.41, 5.74) is 1.40. The third-order valence-electron chi connectivity index (χ3n) is 3.90. The zero-order valence-electron chi connectivity index (χ0n) is 12.4. The first-order valence-corrected chi connectivity index (χ1v) is 8.23. The van der Waals surface area contributed by atoms with Crippen LogP contribution in [0.3, 0.4) is 0 Å². The molecule has 5 heteroatoms. The summed E-state index contributed by atoms with van der Waals surface area (Å²) in [7, 11) is 1.63.